The molecule has 6 rings (SSSR count). The van der Waals surface area contributed by atoms with Crippen LogP contribution in [0.15, 0.2) is 60.2 Å². The van der Waals surface area contributed by atoms with E-state index in [0.29, 0.717) is 28.4 Å². The molecular weight excluding hydrogens is 500 g/mol. The number of ether oxygens (including phenoxy) is 2. The average Bonchev–Trinajstić information content (AvgIpc) is 3.56. The summed E-state index contributed by atoms with van der Waals surface area (Å²) < 4.78 is 12.0. The van der Waals surface area contributed by atoms with Crippen molar-refractivity contribution in [2.75, 3.05) is 12.0 Å². The van der Waals surface area contributed by atoms with E-state index in [1.54, 1.807) is 43.5 Å². The van der Waals surface area contributed by atoms with Crippen molar-refractivity contribution >= 4 is 44.1 Å². The highest BCUT2D eigenvalue weighted by Gasteiger charge is 2.48. The molecule has 1 aromatic heterocycles. The molecule has 1 fully saturated rings. The first-order valence-electron chi connectivity index (χ1n) is 12.4. The van der Waals surface area contributed by atoms with Crippen molar-refractivity contribution in [2.24, 2.45) is 0 Å². The zero-order valence-corrected chi connectivity index (χ0v) is 22.3. The highest BCUT2D eigenvalue weighted by atomic mass is 32.1. The molecule has 0 saturated carbocycles. The molecule has 192 valence electrons. The largest absolute Gasteiger partial charge is 0.507 e. The maximum atomic E-state index is 13.6. The second-order valence-corrected chi connectivity index (χ2v) is 10.8. The van der Waals surface area contributed by atoms with Crippen LogP contribution in [0.1, 0.15) is 40.8 Å². The van der Waals surface area contributed by atoms with Gasteiger partial charge >= 0.3 is 5.91 Å². The number of carbonyl (C=O) groups is 2. The number of hydrogen-bond acceptors (Lipinski definition) is 7. The Balaban J connectivity index is 1.54. The van der Waals surface area contributed by atoms with E-state index in [2.05, 4.69) is 0 Å². The van der Waals surface area contributed by atoms with Gasteiger partial charge in [0, 0.05) is 12.0 Å². The molecule has 7 nitrogen and oxygen atoms in total. The molecule has 38 heavy (non-hydrogen) atoms. The fourth-order valence-corrected chi connectivity index (χ4v) is 6.49. The Morgan fingerprint density at radius 2 is 1.87 bits per heavy atom. The molecular formula is C30H26N2O5S. The predicted molar refractivity (Wildman–Crippen MR) is 147 cm³/mol. The van der Waals surface area contributed by atoms with Crippen LogP contribution < -0.4 is 14.4 Å². The minimum atomic E-state index is -0.855. The zero-order chi connectivity index (χ0) is 26.7. The number of methoxy groups -OCH3 is 1. The van der Waals surface area contributed by atoms with Gasteiger partial charge in [-0.25, -0.2) is 4.98 Å². The predicted octanol–water partition coefficient (Wildman–Crippen LogP) is 5.87. The number of aryl methyl sites for hydroxylation is 2. The molecule has 2 aliphatic rings. The first kappa shape index (κ1) is 24.2. The van der Waals surface area contributed by atoms with Crippen LogP contribution in [0.4, 0.5) is 5.13 Å². The smallest absolute Gasteiger partial charge is 0.301 e. The van der Waals surface area contributed by atoms with Crippen LogP contribution in [0, 0.1) is 13.8 Å². The van der Waals surface area contributed by atoms with Crippen LogP contribution in [0.25, 0.3) is 16.0 Å². The zero-order valence-electron chi connectivity index (χ0n) is 21.4. The maximum absolute atomic E-state index is 13.6. The summed E-state index contributed by atoms with van der Waals surface area (Å²) in [5.41, 5.74) is 4.99. The number of hydrogen-bond donors (Lipinski definition) is 1. The van der Waals surface area contributed by atoms with Gasteiger partial charge in [-0.05, 0) is 79.4 Å². The Labute approximate surface area is 224 Å². The lowest BCUT2D eigenvalue weighted by atomic mass is 9.94. The van der Waals surface area contributed by atoms with Crippen molar-refractivity contribution in [3.63, 3.8) is 0 Å². The molecule has 0 unspecified atom stereocenters. The van der Waals surface area contributed by atoms with Gasteiger partial charge < -0.3 is 14.6 Å². The van der Waals surface area contributed by atoms with Crippen molar-refractivity contribution < 1.29 is 24.2 Å². The van der Waals surface area contributed by atoms with Crippen molar-refractivity contribution in [3.8, 4) is 11.5 Å². The molecule has 0 radical (unpaired) electrons. The number of anilines is 1. The number of thiazole rings is 1. The molecule has 8 heteroatoms. The molecule has 1 N–H and O–H groups in total. The first-order valence-corrected chi connectivity index (χ1v) is 13.2. The number of fused-ring (bicyclic) bond motifs is 2. The number of ketones is 1. The number of aliphatic hydroxyl groups is 1. The van der Waals surface area contributed by atoms with Gasteiger partial charge in [-0.3, -0.25) is 14.5 Å². The van der Waals surface area contributed by atoms with Gasteiger partial charge in [0.2, 0.25) is 0 Å². The van der Waals surface area contributed by atoms with E-state index in [1.165, 1.54) is 16.2 Å². The third-order valence-electron chi connectivity index (χ3n) is 7.07. The Kier molecular flexibility index (Phi) is 5.72. The van der Waals surface area contributed by atoms with Crippen LogP contribution in [0.2, 0.25) is 0 Å². The molecule has 2 aliphatic heterocycles. The van der Waals surface area contributed by atoms with E-state index < -0.39 is 17.7 Å². The molecule has 2 atom stereocenters. The van der Waals surface area contributed by atoms with Gasteiger partial charge in [0.15, 0.2) is 5.13 Å². The maximum Gasteiger partial charge on any atom is 0.301 e. The third-order valence-corrected chi connectivity index (χ3v) is 8.07. The normalized spacial score (nSPS) is 20.2. The van der Waals surface area contributed by atoms with Crippen LogP contribution in [0.3, 0.4) is 0 Å². The van der Waals surface area contributed by atoms with E-state index in [4.69, 9.17) is 14.5 Å². The van der Waals surface area contributed by atoms with Crippen LogP contribution in [-0.4, -0.2) is 35.0 Å². The third kappa shape index (κ3) is 3.83. The highest BCUT2D eigenvalue weighted by Crippen LogP contribution is 2.45. The van der Waals surface area contributed by atoms with Gasteiger partial charge in [-0.1, -0.05) is 29.5 Å². The second kappa shape index (κ2) is 8.99. The minimum absolute atomic E-state index is 0.0271. The van der Waals surface area contributed by atoms with Crippen LogP contribution in [0.5, 0.6) is 11.5 Å². The molecule has 1 amide bonds. The SMILES string of the molecule is COc1ccc([C@H]2/C(=C(\O)c3ccc4c(c3)C[C@H](C)O4)C(=O)C(=O)N2c2nc3c(C)cc(C)cc3s2)cc1. The van der Waals surface area contributed by atoms with Crippen molar-refractivity contribution in [1.29, 1.82) is 0 Å². The van der Waals surface area contributed by atoms with Gasteiger partial charge in [0.05, 0.1) is 28.9 Å². The standard InChI is InChI=1S/C30H26N2O5S/c1-15-11-16(2)25-23(12-15)38-30(31-25)32-26(18-5-8-21(36-4)9-6-18)24(28(34)29(32)35)27(33)19-7-10-22-20(14-19)13-17(3)37-22/h5-12,14,17,26,33H,13H2,1-4H3/b27-24+/t17-,26-/m0/s1. The summed E-state index contributed by atoms with van der Waals surface area (Å²) in [5, 5.41) is 11.9. The summed E-state index contributed by atoms with van der Waals surface area (Å²) in [6.07, 6.45) is 0.746. The molecule has 0 bridgehead atoms. The van der Waals surface area contributed by atoms with Crippen molar-refractivity contribution in [1.82, 2.24) is 4.98 Å². The number of nitrogens with zero attached hydrogens (tertiary/aromatic N) is 2. The summed E-state index contributed by atoms with van der Waals surface area (Å²) in [6, 6.07) is 15.7. The number of carbonyl (C=O) groups excluding carboxylic acids is 2. The van der Waals surface area contributed by atoms with Crippen LogP contribution in [-0.2, 0) is 16.0 Å². The molecule has 0 spiro atoms. The Morgan fingerprint density at radius 3 is 2.61 bits per heavy atom. The fraction of sp³-hybridized carbons (Fsp3) is 0.233. The fourth-order valence-electron chi connectivity index (χ4n) is 5.32. The first-order chi connectivity index (χ1) is 18.2. The minimum Gasteiger partial charge on any atom is -0.507 e. The van der Waals surface area contributed by atoms with E-state index in [1.807, 2.05) is 39.0 Å². The van der Waals surface area contributed by atoms with Crippen LogP contribution >= 0.6 is 11.3 Å². The molecule has 3 aromatic carbocycles. The Morgan fingerprint density at radius 1 is 1.11 bits per heavy atom. The van der Waals surface area contributed by atoms with E-state index in [-0.39, 0.29) is 17.4 Å². The van der Waals surface area contributed by atoms with Gasteiger partial charge in [-0.15, -0.1) is 0 Å². The quantitative estimate of drug-likeness (QED) is 0.203. The van der Waals surface area contributed by atoms with E-state index in [0.717, 1.165) is 32.7 Å². The van der Waals surface area contributed by atoms with Gasteiger partial charge in [0.1, 0.15) is 23.4 Å². The van der Waals surface area contributed by atoms with Crippen molar-refractivity contribution in [3.05, 3.63) is 88.0 Å². The molecule has 4 aromatic rings. The second-order valence-electron chi connectivity index (χ2n) is 9.82. The number of aliphatic hydroxyl groups excluding tert-OH is 1. The molecule has 1 saturated heterocycles. The van der Waals surface area contributed by atoms with Gasteiger partial charge in [0.25, 0.3) is 5.78 Å². The topological polar surface area (TPSA) is 89.0 Å². The van der Waals surface area contributed by atoms with Gasteiger partial charge in [-0.2, -0.15) is 0 Å². The van der Waals surface area contributed by atoms with E-state index >= 15 is 0 Å². The Bertz CT molecular complexity index is 1650. The summed E-state index contributed by atoms with van der Waals surface area (Å²) >= 11 is 1.36. The Hall–Kier alpha value is -4.17. The lowest BCUT2D eigenvalue weighted by Crippen LogP contribution is -2.29. The van der Waals surface area contributed by atoms with E-state index in [9.17, 15) is 14.7 Å². The summed E-state index contributed by atoms with van der Waals surface area (Å²) in [5.74, 6) is -0.285. The average molecular weight is 527 g/mol. The molecule has 0 aliphatic carbocycles. The molecule has 3 heterocycles. The number of Topliss-reactive ketones (excluding diaryl/α,β-unsaturated/α-hetero) is 1. The lowest BCUT2D eigenvalue weighted by Gasteiger charge is -2.23. The summed E-state index contributed by atoms with van der Waals surface area (Å²) in [6.45, 7) is 5.97. The van der Waals surface area contributed by atoms with Crippen molar-refractivity contribution in [2.45, 2.75) is 39.3 Å². The highest BCUT2D eigenvalue weighted by molar-refractivity contribution is 7.22. The lowest BCUT2D eigenvalue weighted by molar-refractivity contribution is -0.132. The number of benzene rings is 3. The number of rotatable bonds is 4. The number of aromatic nitrogens is 1. The number of amides is 1. The monoisotopic (exact) mass is 526 g/mol. The summed E-state index contributed by atoms with van der Waals surface area (Å²) in [4.78, 5) is 33.3. The summed E-state index contributed by atoms with van der Waals surface area (Å²) in [7, 11) is 1.57.